The van der Waals surface area contributed by atoms with E-state index in [1.807, 2.05) is 6.07 Å². The zero-order chi connectivity index (χ0) is 40.0. The summed E-state index contributed by atoms with van der Waals surface area (Å²) in [4.78, 5) is 82.9. The lowest BCUT2D eigenvalue weighted by atomic mass is 10.0. The molecule has 17 nitrogen and oxygen atoms in total. The summed E-state index contributed by atoms with van der Waals surface area (Å²) < 4.78 is 22.7. The zero-order valence-corrected chi connectivity index (χ0v) is 29.9. The molecule has 0 saturated carbocycles. The fourth-order valence-electron chi connectivity index (χ4n) is 4.68. The summed E-state index contributed by atoms with van der Waals surface area (Å²) >= 11 is 0. The van der Waals surface area contributed by atoms with Gasteiger partial charge in [-0.2, -0.15) is 0 Å². The maximum atomic E-state index is 13.3. The number of aliphatic carboxylic acids is 3. The molecule has 0 aliphatic carbocycles. The van der Waals surface area contributed by atoms with Gasteiger partial charge < -0.3 is 50.2 Å². The number of nitrogens with one attached hydrogen (secondary N) is 3. The number of ether oxygens (including phenoxy) is 4. The van der Waals surface area contributed by atoms with Crippen molar-refractivity contribution in [3.05, 3.63) is 77.9 Å². The van der Waals surface area contributed by atoms with Gasteiger partial charge in [-0.25, -0.2) is 4.79 Å². The summed E-state index contributed by atoms with van der Waals surface area (Å²) in [7, 11) is 0. The van der Waals surface area contributed by atoms with Crippen molar-refractivity contribution < 1.29 is 67.8 Å². The van der Waals surface area contributed by atoms with E-state index in [2.05, 4.69) is 16.0 Å². The normalized spacial score (nSPS) is 10.4. The Morgan fingerprint density at radius 3 is 1.33 bits per heavy atom. The van der Waals surface area contributed by atoms with Crippen molar-refractivity contribution in [3.63, 3.8) is 0 Å². The number of carboxylic acids is 3. The minimum Gasteiger partial charge on any atom is -0.484 e. The lowest BCUT2D eigenvalue weighted by Gasteiger charge is -2.15. The van der Waals surface area contributed by atoms with Gasteiger partial charge in [-0.1, -0.05) is 30.3 Å². The molecule has 3 aromatic carbocycles. The predicted octanol–water partition coefficient (Wildman–Crippen LogP) is 2.79. The second kappa shape index (κ2) is 23.1. The number of benzene rings is 3. The standard InChI is InChI=1S/C38H43N3O14/c42-32(39-12-4-9-35(45)46)22-52-29-16-26(15-28(19-29)38(51)55-21-25-7-2-1-3-8-25)27-17-30(53-23-33(43)40-13-5-10-36(47)48)20-31(18-27)54-24-34(44)41-14-6-11-37(49)50/h1-3,7-8,15-20H,4-6,9-14,21-24H2,(H,39,42)(H,40,43)(H,41,44)(H,45,46)(H,47,48)(H,49,50). The van der Waals surface area contributed by atoms with Gasteiger partial charge in [-0.3, -0.25) is 28.8 Å². The molecule has 0 spiro atoms. The Morgan fingerprint density at radius 1 is 0.509 bits per heavy atom. The molecule has 0 bridgehead atoms. The predicted molar refractivity (Wildman–Crippen MR) is 194 cm³/mol. The van der Waals surface area contributed by atoms with Crippen molar-refractivity contribution in [1.29, 1.82) is 0 Å². The van der Waals surface area contributed by atoms with E-state index in [9.17, 15) is 33.6 Å². The highest BCUT2D eigenvalue weighted by molar-refractivity contribution is 5.92. The van der Waals surface area contributed by atoms with Gasteiger partial charge in [0.05, 0.1) is 5.56 Å². The molecule has 17 heteroatoms. The minimum absolute atomic E-state index is 0.0309. The summed E-state index contributed by atoms with van der Waals surface area (Å²) in [6.07, 6.45) is 0.274. The Hall–Kier alpha value is -6.65. The van der Waals surface area contributed by atoms with Crippen LogP contribution in [0.5, 0.6) is 17.2 Å². The number of esters is 1. The first-order valence-electron chi connectivity index (χ1n) is 17.2. The Balaban J connectivity index is 1.88. The summed E-state index contributed by atoms with van der Waals surface area (Å²) in [5.74, 6) is -4.95. The van der Waals surface area contributed by atoms with Crippen molar-refractivity contribution in [3.8, 4) is 28.4 Å². The van der Waals surface area contributed by atoms with Gasteiger partial charge in [0.2, 0.25) is 0 Å². The van der Waals surface area contributed by atoms with Crippen LogP contribution in [0.3, 0.4) is 0 Å². The Kier molecular flexibility index (Phi) is 18.0. The van der Waals surface area contributed by atoms with Crippen LogP contribution in [0.2, 0.25) is 0 Å². The van der Waals surface area contributed by atoms with E-state index in [0.717, 1.165) is 5.56 Å². The number of hydrogen-bond donors (Lipinski definition) is 6. The van der Waals surface area contributed by atoms with Crippen LogP contribution in [0.1, 0.15) is 54.4 Å². The van der Waals surface area contributed by atoms with Crippen LogP contribution in [0.25, 0.3) is 11.1 Å². The van der Waals surface area contributed by atoms with Crippen LogP contribution in [0, 0.1) is 0 Å². The second-order valence-corrected chi connectivity index (χ2v) is 11.9. The van der Waals surface area contributed by atoms with Gasteiger partial charge >= 0.3 is 23.9 Å². The van der Waals surface area contributed by atoms with Crippen LogP contribution in [0.4, 0.5) is 0 Å². The summed E-state index contributed by atoms with van der Waals surface area (Å²) in [6.45, 7) is -1.07. The van der Waals surface area contributed by atoms with Crippen LogP contribution in [0.15, 0.2) is 66.7 Å². The zero-order valence-electron chi connectivity index (χ0n) is 29.9. The molecule has 0 aromatic heterocycles. The van der Waals surface area contributed by atoms with Crippen molar-refractivity contribution in [1.82, 2.24) is 16.0 Å². The molecule has 0 fully saturated rings. The van der Waals surface area contributed by atoms with Crippen LogP contribution < -0.4 is 30.2 Å². The largest absolute Gasteiger partial charge is 0.484 e. The molecular weight excluding hydrogens is 722 g/mol. The Morgan fingerprint density at radius 2 is 0.909 bits per heavy atom. The Labute approximate surface area is 315 Å². The molecule has 3 aromatic rings. The molecule has 3 rings (SSSR count). The third kappa shape index (κ3) is 17.6. The lowest BCUT2D eigenvalue weighted by molar-refractivity contribution is -0.138. The first-order valence-corrected chi connectivity index (χ1v) is 17.2. The van der Waals surface area contributed by atoms with Crippen molar-refractivity contribution in [2.24, 2.45) is 0 Å². The SMILES string of the molecule is O=C(O)CCCNC(=O)COc1cc(OCC(=O)NCCCC(=O)O)cc(-c2cc(OCC(=O)NCCCC(=O)O)cc(C(=O)OCc3ccccc3)c2)c1. The fraction of sp³-hybridized carbons (Fsp3) is 0.342. The fourth-order valence-corrected chi connectivity index (χ4v) is 4.68. The highest BCUT2D eigenvalue weighted by Crippen LogP contribution is 2.33. The van der Waals surface area contributed by atoms with E-state index in [1.54, 1.807) is 24.3 Å². The van der Waals surface area contributed by atoms with Crippen LogP contribution in [-0.2, 0) is 40.1 Å². The first kappa shape index (κ1) is 42.8. The van der Waals surface area contributed by atoms with Crippen molar-refractivity contribution >= 4 is 41.6 Å². The average Bonchev–Trinajstić information content (AvgIpc) is 3.16. The highest BCUT2D eigenvalue weighted by atomic mass is 16.5. The van der Waals surface area contributed by atoms with E-state index in [0.29, 0.717) is 11.1 Å². The summed E-state index contributed by atoms with van der Waals surface area (Å²) in [6, 6.07) is 17.9. The topological polar surface area (TPSA) is 253 Å². The molecule has 294 valence electrons. The molecule has 0 heterocycles. The number of hydrogen-bond acceptors (Lipinski definition) is 11. The monoisotopic (exact) mass is 765 g/mol. The van der Waals surface area contributed by atoms with E-state index >= 15 is 0 Å². The van der Waals surface area contributed by atoms with Gasteiger partial charge in [-0.15, -0.1) is 0 Å². The number of rotatable bonds is 25. The van der Waals surface area contributed by atoms with Gasteiger partial charge in [-0.05, 0) is 66.3 Å². The molecule has 0 atom stereocenters. The smallest absolute Gasteiger partial charge is 0.338 e. The maximum Gasteiger partial charge on any atom is 0.338 e. The molecule has 55 heavy (non-hydrogen) atoms. The molecule has 0 aliphatic rings. The summed E-state index contributed by atoms with van der Waals surface area (Å²) in [5, 5.41) is 34.1. The molecule has 0 aliphatic heterocycles. The third-order valence-electron chi connectivity index (χ3n) is 7.35. The minimum atomic E-state index is -0.998. The number of carboxylic acid groups (broad SMARTS) is 3. The number of carbonyl (C=O) groups excluding carboxylic acids is 4. The average molecular weight is 766 g/mol. The third-order valence-corrected chi connectivity index (χ3v) is 7.35. The molecule has 0 unspecified atom stereocenters. The number of carbonyl (C=O) groups is 7. The molecule has 0 saturated heterocycles. The van der Waals surface area contributed by atoms with Crippen LogP contribution in [-0.4, -0.2) is 96.4 Å². The molecule has 6 N–H and O–H groups in total. The van der Waals surface area contributed by atoms with Crippen molar-refractivity contribution in [2.45, 2.75) is 45.1 Å². The quantitative estimate of drug-likeness (QED) is 0.0536. The van der Waals surface area contributed by atoms with Gasteiger partial charge in [0, 0.05) is 45.0 Å². The van der Waals surface area contributed by atoms with E-state index < -0.39 is 61.4 Å². The van der Waals surface area contributed by atoms with Gasteiger partial charge in [0.25, 0.3) is 17.7 Å². The second-order valence-electron chi connectivity index (χ2n) is 11.9. The molecule has 0 radical (unpaired) electrons. The van der Waals surface area contributed by atoms with Gasteiger partial charge in [0.15, 0.2) is 19.8 Å². The summed E-state index contributed by atoms with van der Waals surface area (Å²) in [5.41, 5.74) is 1.53. The lowest BCUT2D eigenvalue weighted by Crippen LogP contribution is -2.30. The Bertz CT molecular complexity index is 1740. The first-order chi connectivity index (χ1) is 26.4. The van der Waals surface area contributed by atoms with E-state index in [4.69, 9.17) is 34.3 Å². The highest BCUT2D eigenvalue weighted by Gasteiger charge is 2.16. The van der Waals surface area contributed by atoms with E-state index in [-0.39, 0.29) is 87.6 Å². The van der Waals surface area contributed by atoms with E-state index in [1.165, 1.54) is 36.4 Å². The van der Waals surface area contributed by atoms with Crippen LogP contribution >= 0.6 is 0 Å². The van der Waals surface area contributed by atoms with Crippen molar-refractivity contribution in [2.75, 3.05) is 39.5 Å². The molecule has 3 amide bonds. The maximum absolute atomic E-state index is 13.3. The number of amides is 3. The molecular formula is C38H43N3O14. The van der Waals surface area contributed by atoms with Gasteiger partial charge in [0.1, 0.15) is 23.9 Å².